The molecule has 0 spiro atoms. The average molecular weight is 222 g/mol. The van der Waals surface area contributed by atoms with E-state index in [1.54, 1.807) is 7.05 Å². The van der Waals surface area contributed by atoms with Crippen LogP contribution in [0.1, 0.15) is 11.1 Å². The van der Waals surface area contributed by atoms with Crippen LogP contribution in [0.2, 0.25) is 0 Å². The predicted octanol–water partition coefficient (Wildman–Crippen LogP) is 1.69. The minimum absolute atomic E-state index is 0.376. The molecule has 0 heterocycles. The van der Waals surface area contributed by atoms with Crippen molar-refractivity contribution in [3.63, 3.8) is 0 Å². The summed E-state index contributed by atoms with van der Waals surface area (Å²) in [5.74, 6) is 0.605. The van der Waals surface area contributed by atoms with Crippen LogP contribution in [-0.2, 0) is 0 Å². The Morgan fingerprint density at radius 3 is 2.75 bits per heavy atom. The van der Waals surface area contributed by atoms with Crippen LogP contribution in [0.3, 0.4) is 0 Å². The van der Waals surface area contributed by atoms with Crippen molar-refractivity contribution in [1.82, 2.24) is 4.90 Å². The smallest absolute Gasteiger partial charge is 0.410 e. The van der Waals surface area contributed by atoms with Crippen molar-refractivity contribution in [3.05, 3.63) is 29.3 Å². The quantitative estimate of drug-likeness (QED) is 0.846. The van der Waals surface area contributed by atoms with Crippen LogP contribution in [0.25, 0.3) is 0 Å². The Bertz CT molecular complexity index is 377. The van der Waals surface area contributed by atoms with Gasteiger partial charge in [-0.2, -0.15) is 0 Å². The molecule has 88 valence electrons. The van der Waals surface area contributed by atoms with Gasteiger partial charge in [-0.25, -0.2) is 4.79 Å². The third-order valence-electron chi connectivity index (χ3n) is 2.32. The van der Waals surface area contributed by atoms with Gasteiger partial charge in [-0.15, -0.1) is 0 Å². The molecular weight excluding hydrogens is 204 g/mol. The molecule has 0 aromatic heterocycles. The summed E-state index contributed by atoms with van der Waals surface area (Å²) in [5.41, 5.74) is 7.37. The van der Waals surface area contributed by atoms with Gasteiger partial charge in [-0.1, -0.05) is 12.1 Å². The second-order valence-corrected chi connectivity index (χ2v) is 3.85. The highest BCUT2D eigenvalue weighted by molar-refractivity contribution is 5.70. The molecule has 0 fully saturated rings. The number of aryl methyl sites for hydroxylation is 2. The number of nitrogens with zero attached hydrogens (tertiary/aromatic N) is 1. The summed E-state index contributed by atoms with van der Waals surface area (Å²) in [7, 11) is 1.67. The standard InChI is InChI=1S/C12H18N2O2/c1-9-4-5-10(2)11(8-9)16-12(15)14(3)7-6-13/h4-5,8H,6-7,13H2,1-3H3. The zero-order chi connectivity index (χ0) is 12.1. The van der Waals surface area contributed by atoms with Crippen molar-refractivity contribution in [3.8, 4) is 5.75 Å². The first-order valence-electron chi connectivity index (χ1n) is 5.25. The van der Waals surface area contributed by atoms with Crippen molar-refractivity contribution in [2.24, 2.45) is 5.73 Å². The summed E-state index contributed by atoms with van der Waals surface area (Å²) in [6.45, 7) is 4.79. The van der Waals surface area contributed by atoms with Crippen LogP contribution in [0.15, 0.2) is 18.2 Å². The molecule has 0 unspecified atom stereocenters. The van der Waals surface area contributed by atoms with Crippen LogP contribution < -0.4 is 10.5 Å². The van der Waals surface area contributed by atoms with Gasteiger partial charge in [0.1, 0.15) is 5.75 Å². The Labute approximate surface area is 96.0 Å². The van der Waals surface area contributed by atoms with Gasteiger partial charge in [-0.05, 0) is 31.0 Å². The van der Waals surface area contributed by atoms with Crippen molar-refractivity contribution in [2.75, 3.05) is 20.1 Å². The number of hydrogen-bond acceptors (Lipinski definition) is 3. The normalized spacial score (nSPS) is 10.0. The summed E-state index contributed by atoms with van der Waals surface area (Å²) in [5, 5.41) is 0. The van der Waals surface area contributed by atoms with Crippen molar-refractivity contribution >= 4 is 6.09 Å². The Morgan fingerprint density at radius 1 is 1.44 bits per heavy atom. The maximum absolute atomic E-state index is 11.6. The molecule has 0 aliphatic carbocycles. The fourth-order valence-corrected chi connectivity index (χ4v) is 1.27. The summed E-state index contributed by atoms with van der Waals surface area (Å²) in [6, 6.07) is 5.76. The minimum Gasteiger partial charge on any atom is -0.410 e. The molecule has 4 heteroatoms. The lowest BCUT2D eigenvalue weighted by Crippen LogP contribution is -2.34. The van der Waals surface area contributed by atoms with E-state index in [-0.39, 0.29) is 6.09 Å². The van der Waals surface area contributed by atoms with E-state index in [1.165, 1.54) is 4.90 Å². The SMILES string of the molecule is Cc1ccc(C)c(OC(=O)N(C)CCN)c1. The van der Waals surface area contributed by atoms with Gasteiger partial charge in [0.2, 0.25) is 0 Å². The summed E-state index contributed by atoms with van der Waals surface area (Å²) in [4.78, 5) is 13.1. The number of nitrogens with two attached hydrogens (primary N) is 1. The number of amides is 1. The molecule has 1 aromatic carbocycles. The topological polar surface area (TPSA) is 55.6 Å². The fourth-order valence-electron chi connectivity index (χ4n) is 1.27. The molecule has 0 saturated carbocycles. The zero-order valence-corrected chi connectivity index (χ0v) is 9.99. The molecule has 16 heavy (non-hydrogen) atoms. The lowest BCUT2D eigenvalue weighted by atomic mass is 10.1. The molecule has 1 rings (SSSR count). The van der Waals surface area contributed by atoms with Crippen molar-refractivity contribution in [2.45, 2.75) is 13.8 Å². The van der Waals surface area contributed by atoms with Crippen LogP contribution in [0.4, 0.5) is 4.79 Å². The lowest BCUT2D eigenvalue weighted by molar-refractivity contribution is 0.164. The number of ether oxygens (including phenoxy) is 1. The minimum atomic E-state index is -0.376. The van der Waals surface area contributed by atoms with Gasteiger partial charge in [0, 0.05) is 20.1 Å². The first kappa shape index (κ1) is 12.5. The van der Waals surface area contributed by atoms with Gasteiger partial charge >= 0.3 is 6.09 Å². The van der Waals surface area contributed by atoms with Crippen LogP contribution in [0.5, 0.6) is 5.75 Å². The molecule has 0 radical (unpaired) electrons. The van der Waals surface area contributed by atoms with Crippen LogP contribution >= 0.6 is 0 Å². The highest BCUT2D eigenvalue weighted by atomic mass is 16.6. The van der Waals surface area contributed by atoms with E-state index in [4.69, 9.17) is 10.5 Å². The fraction of sp³-hybridized carbons (Fsp3) is 0.417. The van der Waals surface area contributed by atoms with Gasteiger partial charge in [-0.3, -0.25) is 0 Å². The number of benzene rings is 1. The second kappa shape index (κ2) is 5.51. The van der Waals surface area contributed by atoms with Gasteiger partial charge in [0.15, 0.2) is 0 Å². The van der Waals surface area contributed by atoms with E-state index >= 15 is 0 Å². The third-order valence-corrected chi connectivity index (χ3v) is 2.32. The molecule has 1 amide bonds. The molecule has 0 atom stereocenters. The number of rotatable bonds is 3. The second-order valence-electron chi connectivity index (χ2n) is 3.85. The number of carbonyl (C=O) groups is 1. The van der Waals surface area contributed by atoms with Crippen LogP contribution in [-0.4, -0.2) is 31.1 Å². The first-order valence-corrected chi connectivity index (χ1v) is 5.25. The van der Waals surface area contributed by atoms with E-state index in [1.807, 2.05) is 32.0 Å². The van der Waals surface area contributed by atoms with E-state index in [0.29, 0.717) is 18.8 Å². The highest BCUT2D eigenvalue weighted by Gasteiger charge is 2.11. The number of hydrogen-bond donors (Lipinski definition) is 1. The summed E-state index contributed by atoms with van der Waals surface area (Å²) >= 11 is 0. The van der Waals surface area contributed by atoms with Crippen molar-refractivity contribution < 1.29 is 9.53 Å². The van der Waals surface area contributed by atoms with Gasteiger partial charge in [0.05, 0.1) is 0 Å². The Hall–Kier alpha value is -1.55. The van der Waals surface area contributed by atoms with E-state index in [2.05, 4.69) is 0 Å². The maximum atomic E-state index is 11.6. The first-order chi connectivity index (χ1) is 7.54. The Kier molecular flexibility index (Phi) is 4.31. The molecule has 0 aliphatic rings. The number of likely N-dealkylation sites (N-methyl/N-ethyl adjacent to an activating group) is 1. The third kappa shape index (κ3) is 3.24. The molecule has 4 nitrogen and oxygen atoms in total. The van der Waals surface area contributed by atoms with E-state index in [0.717, 1.165) is 11.1 Å². The zero-order valence-electron chi connectivity index (χ0n) is 9.99. The monoisotopic (exact) mass is 222 g/mol. The number of carbonyl (C=O) groups excluding carboxylic acids is 1. The molecule has 0 bridgehead atoms. The van der Waals surface area contributed by atoms with Crippen molar-refractivity contribution in [1.29, 1.82) is 0 Å². The molecule has 0 aliphatic heterocycles. The Morgan fingerprint density at radius 2 is 2.12 bits per heavy atom. The molecular formula is C12H18N2O2. The predicted molar refractivity (Wildman–Crippen MR) is 63.6 cm³/mol. The Balaban J connectivity index is 2.72. The van der Waals surface area contributed by atoms with E-state index < -0.39 is 0 Å². The lowest BCUT2D eigenvalue weighted by Gasteiger charge is -2.16. The van der Waals surface area contributed by atoms with Gasteiger partial charge < -0.3 is 15.4 Å². The average Bonchev–Trinajstić information content (AvgIpc) is 2.23. The van der Waals surface area contributed by atoms with E-state index in [9.17, 15) is 4.79 Å². The molecule has 0 saturated heterocycles. The van der Waals surface area contributed by atoms with Gasteiger partial charge in [0.25, 0.3) is 0 Å². The largest absolute Gasteiger partial charge is 0.415 e. The molecule has 2 N–H and O–H groups in total. The molecule has 1 aromatic rings. The maximum Gasteiger partial charge on any atom is 0.415 e. The van der Waals surface area contributed by atoms with Crippen LogP contribution in [0, 0.1) is 13.8 Å². The summed E-state index contributed by atoms with van der Waals surface area (Å²) in [6.07, 6.45) is -0.376. The highest BCUT2D eigenvalue weighted by Crippen LogP contribution is 2.19. The summed E-state index contributed by atoms with van der Waals surface area (Å²) < 4.78 is 5.27.